The van der Waals surface area contributed by atoms with Gasteiger partial charge in [-0.15, -0.1) is 0 Å². The van der Waals surface area contributed by atoms with Gasteiger partial charge in [-0.05, 0) is 18.2 Å². The van der Waals surface area contributed by atoms with E-state index in [0.29, 0.717) is 10.4 Å². The molecular weight excluding hydrogens is 366 g/mol. The zero-order valence-electron chi connectivity index (χ0n) is 11.2. The van der Waals surface area contributed by atoms with Gasteiger partial charge in [0.05, 0.1) is 11.8 Å². The van der Waals surface area contributed by atoms with Gasteiger partial charge in [0.1, 0.15) is 10.7 Å². The molecule has 0 radical (unpaired) electrons. The molecule has 0 unspecified atom stereocenters. The highest BCUT2D eigenvalue weighted by Crippen LogP contribution is 2.40. The van der Waals surface area contributed by atoms with Crippen molar-refractivity contribution in [3.63, 3.8) is 0 Å². The summed E-state index contributed by atoms with van der Waals surface area (Å²) in [4.78, 5) is 10.1. The third kappa shape index (κ3) is 3.43. The Morgan fingerprint density at radius 2 is 1.91 bits per heavy atom. The van der Waals surface area contributed by atoms with Gasteiger partial charge in [-0.25, -0.2) is 12.8 Å². The van der Waals surface area contributed by atoms with E-state index in [0.717, 1.165) is 12.1 Å². The summed E-state index contributed by atoms with van der Waals surface area (Å²) in [6.07, 6.45) is -4.88. The van der Waals surface area contributed by atoms with Gasteiger partial charge >= 0.3 is 12.1 Å². The van der Waals surface area contributed by atoms with E-state index in [9.17, 15) is 30.8 Å². The Hall–Kier alpha value is -1.39. The molecule has 1 aliphatic rings. The SMILES string of the molecule is O=C(O)[C@@H]1CN(S(=O)(=O)c2ccc(Cl)cc2F)C[C@H]1C(F)(F)F. The van der Waals surface area contributed by atoms with Crippen molar-refractivity contribution in [3.8, 4) is 0 Å². The maximum Gasteiger partial charge on any atom is 0.393 e. The van der Waals surface area contributed by atoms with E-state index in [1.165, 1.54) is 0 Å². The molecule has 0 bridgehead atoms. The molecular formula is C12H10ClF4NO4S. The minimum absolute atomic E-state index is 0.0838. The van der Waals surface area contributed by atoms with Crippen LogP contribution in [0.3, 0.4) is 0 Å². The van der Waals surface area contributed by atoms with Crippen molar-refractivity contribution < 1.29 is 35.9 Å². The highest BCUT2D eigenvalue weighted by atomic mass is 35.5. The number of hydrogen-bond donors (Lipinski definition) is 1. The fourth-order valence-electron chi connectivity index (χ4n) is 2.37. The second-order valence-corrected chi connectivity index (χ2v) is 7.33. The summed E-state index contributed by atoms with van der Waals surface area (Å²) in [7, 11) is -4.61. The lowest BCUT2D eigenvalue weighted by atomic mass is 9.96. The molecule has 5 nitrogen and oxygen atoms in total. The van der Waals surface area contributed by atoms with Gasteiger partial charge in [-0.2, -0.15) is 17.5 Å². The summed E-state index contributed by atoms with van der Waals surface area (Å²) >= 11 is 5.50. The van der Waals surface area contributed by atoms with Crippen LogP contribution in [0.15, 0.2) is 23.1 Å². The molecule has 1 aliphatic heterocycles. The lowest BCUT2D eigenvalue weighted by Gasteiger charge is -2.18. The second kappa shape index (κ2) is 5.91. The maximum atomic E-state index is 13.8. The van der Waals surface area contributed by atoms with Crippen LogP contribution in [0.4, 0.5) is 17.6 Å². The highest BCUT2D eigenvalue weighted by molar-refractivity contribution is 7.89. The van der Waals surface area contributed by atoms with Crippen molar-refractivity contribution in [2.24, 2.45) is 11.8 Å². The monoisotopic (exact) mass is 375 g/mol. The minimum atomic E-state index is -4.88. The van der Waals surface area contributed by atoms with Crippen LogP contribution in [0.25, 0.3) is 0 Å². The molecule has 1 saturated heterocycles. The number of carbonyl (C=O) groups is 1. The van der Waals surface area contributed by atoms with Crippen LogP contribution in [-0.4, -0.2) is 43.1 Å². The summed E-state index contributed by atoms with van der Waals surface area (Å²) in [5, 5.41) is 8.80. The molecule has 2 rings (SSSR count). The summed E-state index contributed by atoms with van der Waals surface area (Å²) in [5.41, 5.74) is 0. The molecule has 0 spiro atoms. The van der Waals surface area contributed by atoms with Gasteiger partial charge in [-0.1, -0.05) is 11.6 Å². The molecule has 0 aliphatic carbocycles. The number of sulfonamides is 1. The number of halogens is 5. The van der Waals surface area contributed by atoms with E-state index < -0.39 is 57.8 Å². The largest absolute Gasteiger partial charge is 0.481 e. The number of carboxylic acids is 1. The Labute approximate surface area is 133 Å². The molecule has 1 heterocycles. The normalized spacial score (nSPS) is 23.2. The summed E-state index contributed by atoms with van der Waals surface area (Å²) in [5.74, 6) is -7.29. The number of benzene rings is 1. The Morgan fingerprint density at radius 3 is 2.35 bits per heavy atom. The summed E-state index contributed by atoms with van der Waals surface area (Å²) < 4.78 is 77.3. The number of nitrogens with zero attached hydrogens (tertiary/aromatic N) is 1. The van der Waals surface area contributed by atoms with Crippen molar-refractivity contribution in [1.29, 1.82) is 0 Å². The molecule has 0 amide bonds. The third-order valence-electron chi connectivity index (χ3n) is 3.54. The fourth-order valence-corrected chi connectivity index (χ4v) is 4.07. The molecule has 1 fully saturated rings. The van der Waals surface area contributed by atoms with E-state index >= 15 is 0 Å². The number of alkyl halides is 3. The predicted molar refractivity (Wildman–Crippen MR) is 70.8 cm³/mol. The van der Waals surface area contributed by atoms with Crippen molar-refractivity contribution >= 4 is 27.6 Å². The number of rotatable bonds is 3. The first-order chi connectivity index (χ1) is 10.4. The average molecular weight is 376 g/mol. The van der Waals surface area contributed by atoms with Crippen molar-refractivity contribution in [2.75, 3.05) is 13.1 Å². The number of aliphatic carboxylic acids is 1. The number of hydrogen-bond acceptors (Lipinski definition) is 3. The van der Waals surface area contributed by atoms with Crippen LogP contribution in [0, 0.1) is 17.7 Å². The smallest absolute Gasteiger partial charge is 0.393 e. The van der Waals surface area contributed by atoms with E-state index in [1.807, 2.05) is 0 Å². The first kappa shape index (κ1) is 18.0. The predicted octanol–water partition coefficient (Wildman–Crippen LogP) is 2.36. The summed E-state index contributed by atoms with van der Waals surface area (Å²) in [6, 6.07) is 2.60. The van der Waals surface area contributed by atoms with E-state index in [2.05, 4.69) is 0 Å². The molecule has 1 aromatic rings. The molecule has 1 N–H and O–H groups in total. The van der Waals surface area contributed by atoms with Crippen LogP contribution >= 0.6 is 11.6 Å². The number of carboxylic acid groups (broad SMARTS) is 1. The Balaban J connectivity index is 2.40. The van der Waals surface area contributed by atoms with E-state index in [-0.39, 0.29) is 5.02 Å². The van der Waals surface area contributed by atoms with E-state index in [4.69, 9.17) is 16.7 Å². The van der Waals surface area contributed by atoms with Crippen LogP contribution in [0.5, 0.6) is 0 Å². The van der Waals surface area contributed by atoms with Gasteiger partial charge in [-0.3, -0.25) is 4.79 Å². The molecule has 0 saturated carbocycles. The molecule has 128 valence electrons. The lowest BCUT2D eigenvalue weighted by molar-refractivity contribution is -0.187. The van der Waals surface area contributed by atoms with Gasteiger partial charge < -0.3 is 5.11 Å². The van der Waals surface area contributed by atoms with Gasteiger partial charge in [0.2, 0.25) is 10.0 Å². The Kier molecular flexibility index (Phi) is 4.62. The zero-order valence-corrected chi connectivity index (χ0v) is 12.8. The second-order valence-electron chi connectivity index (χ2n) is 4.99. The maximum absolute atomic E-state index is 13.8. The minimum Gasteiger partial charge on any atom is -0.481 e. The van der Waals surface area contributed by atoms with E-state index in [1.54, 1.807) is 0 Å². The van der Waals surface area contributed by atoms with Gasteiger partial charge in [0.15, 0.2) is 0 Å². The molecule has 11 heteroatoms. The Morgan fingerprint density at radius 1 is 1.30 bits per heavy atom. The zero-order chi connectivity index (χ0) is 17.6. The first-order valence-corrected chi connectivity index (χ1v) is 8.01. The first-order valence-electron chi connectivity index (χ1n) is 6.19. The van der Waals surface area contributed by atoms with Crippen LogP contribution in [-0.2, 0) is 14.8 Å². The lowest BCUT2D eigenvalue weighted by Crippen LogP contribution is -2.34. The standard InChI is InChI=1S/C12H10ClF4NO4S/c13-6-1-2-10(9(14)3-6)23(21,22)18-4-7(11(19)20)8(5-18)12(15,16)17/h1-3,7-8H,4-5H2,(H,19,20)/t7-,8-/m1/s1. The Bertz CT molecular complexity index is 737. The van der Waals surface area contributed by atoms with Gasteiger partial charge in [0.25, 0.3) is 0 Å². The van der Waals surface area contributed by atoms with Crippen molar-refractivity contribution in [1.82, 2.24) is 4.31 Å². The molecule has 0 aromatic heterocycles. The fraction of sp³-hybridized carbons (Fsp3) is 0.417. The molecule has 1 aromatic carbocycles. The van der Waals surface area contributed by atoms with Crippen LogP contribution < -0.4 is 0 Å². The molecule has 2 atom stereocenters. The highest BCUT2D eigenvalue weighted by Gasteiger charge is 2.55. The van der Waals surface area contributed by atoms with Crippen LogP contribution in [0.2, 0.25) is 5.02 Å². The topological polar surface area (TPSA) is 74.7 Å². The van der Waals surface area contributed by atoms with Crippen molar-refractivity contribution in [3.05, 3.63) is 29.0 Å². The average Bonchev–Trinajstić information content (AvgIpc) is 2.83. The third-order valence-corrected chi connectivity index (χ3v) is 5.64. The molecule has 23 heavy (non-hydrogen) atoms. The van der Waals surface area contributed by atoms with Crippen LogP contribution in [0.1, 0.15) is 0 Å². The van der Waals surface area contributed by atoms with Crippen molar-refractivity contribution in [2.45, 2.75) is 11.1 Å². The van der Waals surface area contributed by atoms with Gasteiger partial charge in [0, 0.05) is 18.1 Å². The summed E-state index contributed by atoms with van der Waals surface area (Å²) in [6.45, 7) is -1.96. The quantitative estimate of drug-likeness (QED) is 0.823.